The number of fused-ring (bicyclic) bond motifs is 1. The van der Waals surface area contributed by atoms with E-state index in [2.05, 4.69) is 0 Å². The largest absolute Gasteiger partial charge is 0.452 e. The third kappa shape index (κ3) is 2.99. The van der Waals surface area contributed by atoms with E-state index >= 15 is 0 Å². The Labute approximate surface area is 140 Å². The molecule has 1 heterocycles. The van der Waals surface area contributed by atoms with E-state index in [1.165, 1.54) is 24.3 Å². The summed E-state index contributed by atoms with van der Waals surface area (Å²) in [6, 6.07) is 15.9. The summed E-state index contributed by atoms with van der Waals surface area (Å²) in [6.45, 7) is 1.66. The molecule has 1 aliphatic rings. The molecule has 1 aliphatic heterocycles. The highest BCUT2D eigenvalue weighted by Crippen LogP contribution is 2.31. The predicted octanol–water partition coefficient (Wildman–Crippen LogP) is 2.69. The van der Waals surface area contributed by atoms with Crippen molar-refractivity contribution in [2.24, 2.45) is 0 Å². The zero-order valence-corrected chi connectivity index (χ0v) is 13.2. The molecule has 0 unspecified atom stereocenters. The number of nitrogens with zero attached hydrogens (tertiary/aromatic N) is 2. The minimum absolute atomic E-state index is 0.0449. The SMILES string of the molecule is C[C@H]1Cc2ccccc2N1C(=O)COC(=O)c1ccc(C#N)cc1. The Morgan fingerprint density at radius 1 is 1.21 bits per heavy atom. The molecular formula is C19H16N2O3. The smallest absolute Gasteiger partial charge is 0.338 e. The van der Waals surface area contributed by atoms with Gasteiger partial charge in [-0.1, -0.05) is 18.2 Å². The van der Waals surface area contributed by atoms with Gasteiger partial charge in [0.05, 0.1) is 17.2 Å². The normalized spacial score (nSPS) is 15.5. The van der Waals surface area contributed by atoms with Gasteiger partial charge in [0.25, 0.3) is 5.91 Å². The van der Waals surface area contributed by atoms with Crippen LogP contribution in [-0.4, -0.2) is 24.5 Å². The Bertz CT molecular complexity index is 821. The van der Waals surface area contributed by atoms with E-state index in [4.69, 9.17) is 10.00 Å². The van der Waals surface area contributed by atoms with E-state index in [9.17, 15) is 9.59 Å². The zero-order valence-electron chi connectivity index (χ0n) is 13.2. The third-order valence-electron chi connectivity index (χ3n) is 4.05. The number of para-hydroxylation sites is 1. The molecule has 2 aromatic rings. The number of hydrogen-bond acceptors (Lipinski definition) is 4. The van der Waals surface area contributed by atoms with Crippen LogP contribution in [0.25, 0.3) is 0 Å². The Balaban J connectivity index is 1.65. The van der Waals surface area contributed by atoms with E-state index in [-0.39, 0.29) is 18.6 Å². The highest BCUT2D eigenvalue weighted by atomic mass is 16.5. The fourth-order valence-corrected chi connectivity index (χ4v) is 2.91. The molecule has 120 valence electrons. The molecule has 0 aromatic heterocycles. The maximum absolute atomic E-state index is 12.5. The van der Waals surface area contributed by atoms with Gasteiger partial charge in [0, 0.05) is 11.7 Å². The van der Waals surface area contributed by atoms with Crippen LogP contribution in [0.15, 0.2) is 48.5 Å². The standard InChI is InChI=1S/C19H16N2O3/c1-13-10-16-4-2-3-5-17(16)21(13)18(22)12-24-19(23)15-8-6-14(11-20)7-9-15/h2-9,13H,10,12H2,1H3/t13-/m0/s1. The number of nitriles is 1. The van der Waals surface area contributed by atoms with Crippen LogP contribution in [0, 0.1) is 11.3 Å². The highest BCUT2D eigenvalue weighted by molar-refractivity contribution is 5.99. The summed E-state index contributed by atoms with van der Waals surface area (Å²) >= 11 is 0. The Hall–Kier alpha value is -3.13. The van der Waals surface area contributed by atoms with Gasteiger partial charge in [-0.15, -0.1) is 0 Å². The van der Waals surface area contributed by atoms with E-state index < -0.39 is 5.97 Å². The lowest BCUT2D eigenvalue weighted by Crippen LogP contribution is -2.38. The maximum Gasteiger partial charge on any atom is 0.338 e. The summed E-state index contributed by atoms with van der Waals surface area (Å²) in [5, 5.41) is 8.75. The topological polar surface area (TPSA) is 70.4 Å². The van der Waals surface area contributed by atoms with Crippen molar-refractivity contribution in [3.63, 3.8) is 0 Å². The highest BCUT2D eigenvalue weighted by Gasteiger charge is 2.30. The van der Waals surface area contributed by atoms with Crippen molar-refractivity contribution in [2.45, 2.75) is 19.4 Å². The molecule has 0 saturated carbocycles. The van der Waals surface area contributed by atoms with E-state index in [1.54, 1.807) is 4.90 Å². The molecule has 1 amide bonds. The van der Waals surface area contributed by atoms with Crippen molar-refractivity contribution in [1.29, 1.82) is 5.26 Å². The van der Waals surface area contributed by atoms with Gasteiger partial charge in [0.2, 0.25) is 0 Å². The second-order valence-electron chi connectivity index (χ2n) is 5.71. The molecule has 0 N–H and O–H groups in total. The predicted molar refractivity (Wildman–Crippen MR) is 88.5 cm³/mol. The second-order valence-corrected chi connectivity index (χ2v) is 5.71. The molecule has 1 atom stereocenters. The van der Waals surface area contributed by atoms with Crippen LogP contribution in [0.4, 0.5) is 5.69 Å². The Morgan fingerprint density at radius 3 is 2.62 bits per heavy atom. The van der Waals surface area contributed by atoms with Crippen molar-refractivity contribution in [1.82, 2.24) is 0 Å². The van der Waals surface area contributed by atoms with E-state index in [0.717, 1.165) is 17.7 Å². The monoisotopic (exact) mass is 320 g/mol. The summed E-state index contributed by atoms with van der Waals surface area (Å²) in [7, 11) is 0. The average molecular weight is 320 g/mol. The quantitative estimate of drug-likeness (QED) is 0.815. The molecular weight excluding hydrogens is 304 g/mol. The fourth-order valence-electron chi connectivity index (χ4n) is 2.91. The van der Waals surface area contributed by atoms with Crippen molar-refractivity contribution in [3.8, 4) is 6.07 Å². The lowest BCUT2D eigenvalue weighted by Gasteiger charge is -2.22. The Morgan fingerprint density at radius 2 is 1.92 bits per heavy atom. The molecule has 5 heteroatoms. The van der Waals surface area contributed by atoms with Crippen LogP contribution in [0.3, 0.4) is 0 Å². The number of hydrogen-bond donors (Lipinski definition) is 0. The minimum atomic E-state index is -0.576. The van der Waals surface area contributed by atoms with Gasteiger partial charge in [0.1, 0.15) is 0 Å². The van der Waals surface area contributed by atoms with Crippen molar-refractivity contribution in [2.75, 3.05) is 11.5 Å². The van der Waals surface area contributed by atoms with Crippen molar-refractivity contribution in [3.05, 3.63) is 65.2 Å². The molecule has 5 nitrogen and oxygen atoms in total. The van der Waals surface area contributed by atoms with Gasteiger partial charge < -0.3 is 9.64 Å². The second kappa shape index (κ2) is 6.55. The number of esters is 1. The molecule has 2 aromatic carbocycles. The van der Waals surface area contributed by atoms with Gasteiger partial charge in [0.15, 0.2) is 6.61 Å². The lowest BCUT2D eigenvalue weighted by atomic mass is 10.1. The third-order valence-corrected chi connectivity index (χ3v) is 4.05. The number of carbonyl (C=O) groups excluding carboxylic acids is 2. The molecule has 0 bridgehead atoms. The maximum atomic E-state index is 12.5. The van der Waals surface area contributed by atoms with E-state index in [0.29, 0.717) is 11.1 Å². The molecule has 0 fully saturated rings. The summed E-state index contributed by atoms with van der Waals surface area (Å²) in [6.07, 6.45) is 0.797. The summed E-state index contributed by atoms with van der Waals surface area (Å²) in [5.74, 6) is -0.817. The first-order valence-electron chi connectivity index (χ1n) is 7.67. The molecule has 3 rings (SSSR count). The zero-order chi connectivity index (χ0) is 17.1. The minimum Gasteiger partial charge on any atom is -0.452 e. The number of anilines is 1. The summed E-state index contributed by atoms with van der Waals surface area (Å²) in [5.41, 5.74) is 2.78. The molecule has 0 radical (unpaired) electrons. The van der Waals surface area contributed by atoms with Crippen LogP contribution in [0.1, 0.15) is 28.4 Å². The number of ether oxygens (including phenoxy) is 1. The molecule has 0 aliphatic carbocycles. The number of benzene rings is 2. The van der Waals surface area contributed by atoms with E-state index in [1.807, 2.05) is 37.3 Å². The van der Waals surface area contributed by atoms with Gasteiger partial charge in [-0.2, -0.15) is 5.26 Å². The van der Waals surface area contributed by atoms with Gasteiger partial charge in [-0.05, 0) is 49.2 Å². The number of carbonyl (C=O) groups is 2. The van der Waals surface area contributed by atoms with Crippen molar-refractivity contribution < 1.29 is 14.3 Å². The average Bonchev–Trinajstić information content (AvgIpc) is 2.95. The lowest BCUT2D eigenvalue weighted by molar-refractivity contribution is -0.122. The Kier molecular flexibility index (Phi) is 4.30. The first-order chi connectivity index (χ1) is 11.6. The van der Waals surface area contributed by atoms with Crippen molar-refractivity contribution >= 4 is 17.6 Å². The number of rotatable bonds is 3. The van der Waals surface area contributed by atoms with Crippen LogP contribution in [-0.2, 0) is 16.0 Å². The fraction of sp³-hybridized carbons (Fsp3) is 0.211. The first kappa shape index (κ1) is 15.8. The van der Waals surface area contributed by atoms with Gasteiger partial charge >= 0.3 is 5.97 Å². The molecule has 0 saturated heterocycles. The summed E-state index contributed by atoms with van der Waals surface area (Å²) < 4.78 is 5.13. The van der Waals surface area contributed by atoms with Crippen LogP contribution in [0.5, 0.6) is 0 Å². The first-order valence-corrected chi connectivity index (χ1v) is 7.67. The van der Waals surface area contributed by atoms with Crippen LogP contribution >= 0.6 is 0 Å². The van der Waals surface area contributed by atoms with Gasteiger partial charge in [-0.3, -0.25) is 4.79 Å². The van der Waals surface area contributed by atoms with Gasteiger partial charge in [-0.25, -0.2) is 4.79 Å². The van der Waals surface area contributed by atoms with Crippen LogP contribution < -0.4 is 4.90 Å². The number of amides is 1. The summed E-state index contributed by atoms with van der Waals surface area (Å²) in [4.78, 5) is 26.2. The molecule has 0 spiro atoms. The molecule has 24 heavy (non-hydrogen) atoms. The van der Waals surface area contributed by atoms with Crippen LogP contribution in [0.2, 0.25) is 0 Å².